The van der Waals surface area contributed by atoms with E-state index in [0.717, 1.165) is 19.3 Å². The maximum atomic E-state index is 11.5. The molecule has 0 heterocycles. The summed E-state index contributed by atoms with van der Waals surface area (Å²) in [5, 5.41) is 14.2. The summed E-state index contributed by atoms with van der Waals surface area (Å²) in [7, 11) is 0. The molecule has 0 aliphatic carbocycles. The normalized spacial score (nSPS) is 13.7. The largest absolute Gasteiger partial charge is 0.481 e. The second-order valence-corrected chi connectivity index (χ2v) is 4.92. The number of rotatable bonds is 9. The van der Waals surface area contributed by atoms with Crippen LogP contribution in [-0.2, 0) is 4.79 Å². The lowest BCUT2D eigenvalue weighted by molar-refractivity contribution is -0.137. The minimum absolute atomic E-state index is 0.138. The number of carboxylic acids is 1. The van der Waals surface area contributed by atoms with Crippen LogP contribution in [0.4, 0.5) is 4.79 Å². The van der Waals surface area contributed by atoms with Gasteiger partial charge in [0, 0.05) is 19.0 Å². The second-order valence-electron chi connectivity index (χ2n) is 4.92. The van der Waals surface area contributed by atoms with E-state index in [1.165, 1.54) is 0 Å². The SMILES string of the molecule is CCCC(C)NC(=O)NCCC(C)CCC(=O)O. The zero-order valence-electron chi connectivity index (χ0n) is 11.7. The number of carbonyl (C=O) groups excluding carboxylic acids is 1. The molecule has 0 spiro atoms. The van der Waals surface area contributed by atoms with E-state index in [2.05, 4.69) is 17.6 Å². The Hall–Kier alpha value is -1.26. The fourth-order valence-corrected chi connectivity index (χ4v) is 1.73. The molecule has 0 aliphatic rings. The fraction of sp³-hybridized carbons (Fsp3) is 0.846. The number of aliphatic carboxylic acids is 1. The van der Waals surface area contributed by atoms with Crippen LogP contribution < -0.4 is 10.6 Å². The van der Waals surface area contributed by atoms with Crippen LogP contribution in [0, 0.1) is 5.92 Å². The van der Waals surface area contributed by atoms with E-state index in [4.69, 9.17) is 5.11 Å². The Kier molecular flexibility index (Phi) is 9.06. The first-order valence-corrected chi connectivity index (χ1v) is 6.71. The number of nitrogens with one attached hydrogen (secondary N) is 2. The molecule has 5 heteroatoms. The summed E-state index contributed by atoms with van der Waals surface area (Å²) < 4.78 is 0. The van der Waals surface area contributed by atoms with Gasteiger partial charge in [0.05, 0.1) is 0 Å². The van der Waals surface area contributed by atoms with Gasteiger partial charge >= 0.3 is 12.0 Å². The molecule has 0 rings (SSSR count). The molecule has 0 bridgehead atoms. The van der Waals surface area contributed by atoms with Gasteiger partial charge in [-0.25, -0.2) is 4.79 Å². The van der Waals surface area contributed by atoms with Gasteiger partial charge in [0.15, 0.2) is 0 Å². The third-order valence-electron chi connectivity index (χ3n) is 2.87. The van der Waals surface area contributed by atoms with Crippen molar-refractivity contribution in [3.63, 3.8) is 0 Å². The Morgan fingerprint density at radius 1 is 1.17 bits per heavy atom. The maximum Gasteiger partial charge on any atom is 0.314 e. The predicted molar refractivity (Wildman–Crippen MR) is 71.6 cm³/mol. The average molecular weight is 258 g/mol. The van der Waals surface area contributed by atoms with Crippen LogP contribution in [0.3, 0.4) is 0 Å². The second kappa shape index (κ2) is 9.74. The van der Waals surface area contributed by atoms with Crippen molar-refractivity contribution < 1.29 is 14.7 Å². The summed E-state index contributed by atoms with van der Waals surface area (Å²) in [4.78, 5) is 21.8. The topological polar surface area (TPSA) is 78.4 Å². The van der Waals surface area contributed by atoms with Gasteiger partial charge in [-0.1, -0.05) is 20.3 Å². The zero-order valence-corrected chi connectivity index (χ0v) is 11.7. The molecule has 0 aliphatic heterocycles. The molecule has 18 heavy (non-hydrogen) atoms. The summed E-state index contributed by atoms with van der Waals surface area (Å²) in [5.74, 6) is -0.449. The Morgan fingerprint density at radius 2 is 1.83 bits per heavy atom. The quantitative estimate of drug-likeness (QED) is 0.594. The average Bonchev–Trinajstić information content (AvgIpc) is 2.26. The smallest absolute Gasteiger partial charge is 0.314 e. The molecular weight excluding hydrogens is 232 g/mol. The molecule has 106 valence electrons. The van der Waals surface area contributed by atoms with Crippen molar-refractivity contribution >= 4 is 12.0 Å². The van der Waals surface area contributed by atoms with Gasteiger partial charge in [0.2, 0.25) is 0 Å². The van der Waals surface area contributed by atoms with Gasteiger partial charge in [-0.2, -0.15) is 0 Å². The van der Waals surface area contributed by atoms with E-state index in [-0.39, 0.29) is 18.5 Å². The highest BCUT2D eigenvalue weighted by Gasteiger charge is 2.08. The number of hydrogen-bond acceptors (Lipinski definition) is 2. The third-order valence-corrected chi connectivity index (χ3v) is 2.87. The fourth-order valence-electron chi connectivity index (χ4n) is 1.73. The molecule has 0 aromatic rings. The molecule has 2 atom stereocenters. The molecule has 2 amide bonds. The van der Waals surface area contributed by atoms with E-state index < -0.39 is 5.97 Å². The highest BCUT2D eigenvalue weighted by Crippen LogP contribution is 2.08. The van der Waals surface area contributed by atoms with Gasteiger partial charge in [0.25, 0.3) is 0 Å². The number of carbonyl (C=O) groups is 2. The first-order chi connectivity index (χ1) is 8.45. The van der Waals surface area contributed by atoms with Crippen LogP contribution in [0.1, 0.15) is 52.9 Å². The lowest BCUT2D eigenvalue weighted by Crippen LogP contribution is -2.41. The first kappa shape index (κ1) is 16.7. The maximum absolute atomic E-state index is 11.5. The lowest BCUT2D eigenvalue weighted by Gasteiger charge is -2.15. The van der Waals surface area contributed by atoms with E-state index in [9.17, 15) is 9.59 Å². The molecule has 0 saturated carbocycles. The van der Waals surface area contributed by atoms with Crippen LogP contribution in [-0.4, -0.2) is 29.7 Å². The van der Waals surface area contributed by atoms with Gasteiger partial charge in [0.1, 0.15) is 0 Å². The molecular formula is C13H26N2O3. The summed E-state index contributed by atoms with van der Waals surface area (Å²) >= 11 is 0. The summed E-state index contributed by atoms with van der Waals surface area (Å²) in [6.07, 6.45) is 3.69. The predicted octanol–water partition coefficient (Wildman–Crippen LogP) is 2.37. The van der Waals surface area contributed by atoms with E-state index in [1.54, 1.807) is 0 Å². The van der Waals surface area contributed by atoms with Crippen molar-refractivity contribution in [2.45, 2.75) is 58.9 Å². The standard InChI is InChI=1S/C13H26N2O3/c1-4-5-11(3)15-13(18)14-9-8-10(2)6-7-12(16)17/h10-11H,4-9H2,1-3H3,(H,16,17)(H2,14,15,18). The summed E-state index contributed by atoms with van der Waals surface area (Å²) in [5.41, 5.74) is 0. The number of carboxylic acid groups (broad SMARTS) is 1. The van der Waals surface area contributed by atoms with Gasteiger partial charge < -0.3 is 15.7 Å². The van der Waals surface area contributed by atoms with Crippen LogP contribution in [0.2, 0.25) is 0 Å². The molecule has 5 nitrogen and oxygen atoms in total. The van der Waals surface area contributed by atoms with E-state index >= 15 is 0 Å². The van der Waals surface area contributed by atoms with E-state index in [0.29, 0.717) is 18.9 Å². The summed E-state index contributed by atoms with van der Waals surface area (Å²) in [6, 6.07) is 0.0563. The Morgan fingerprint density at radius 3 is 2.39 bits per heavy atom. The van der Waals surface area contributed by atoms with Crippen molar-refractivity contribution in [3.05, 3.63) is 0 Å². The van der Waals surface area contributed by atoms with Crippen molar-refractivity contribution in [1.82, 2.24) is 10.6 Å². The Bertz CT molecular complexity index is 257. The molecule has 2 unspecified atom stereocenters. The third kappa shape index (κ3) is 9.93. The number of urea groups is 1. The Labute approximate surface area is 109 Å². The molecule has 0 fully saturated rings. The van der Waals surface area contributed by atoms with Gasteiger partial charge in [-0.05, 0) is 32.1 Å². The molecule has 0 aromatic heterocycles. The highest BCUT2D eigenvalue weighted by molar-refractivity contribution is 5.74. The van der Waals surface area contributed by atoms with Crippen molar-refractivity contribution in [1.29, 1.82) is 0 Å². The minimum atomic E-state index is -0.763. The van der Waals surface area contributed by atoms with Crippen LogP contribution in [0.15, 0.2) is 0 Å². The Balaban J connectivity index is 3.58. The van der Waals surface area contributed by atoms with Gasteiger partial charge in [-0.15, -0.1) is 0 Å². The van der Waals surface area contributed by atoms with Crippen molar-refractivity contribution in [3.8, 4) is 0 Å². The molecule has 0 saturated heterocycles. The molecule has 0 aromatic carbocycles. The zero-order chi connectivity index (χ0) is 14.0. The lowest BCUT2D eigenvalue weighted by atomic mass is 10.0. The van der Waals surface area contributed by atoms with E-state index in [1.807, 2.05) is 13.8 Å². The highest BCUT2D eigenvalue weighted by atomic mass is 16.4. The summed E-state index contributed by atoms with van der Waals surface area (Å²) in [6.45, 7) is 6.66. The van der Waals surface area contributed by atoms with Gasteiger partial charge in [-0.3, -0.25) is 4.79 Å². The molecule has 0 radical (unpaired) electrons. The van der Waals surface area contributed by atoms with Crippen LogP contribution >= 0.6 is 0 Å². The number of amides is 2. The minimum Gasteiger partial charge on any atom is -0.481 e. The van der Waals surface area contributed by atoms with Crippen LogP contribution in [0.25, 0.3) is 0 Å². The molecule has 3 N–H and O–H groups in total. The van der Waals surface area contributed by atoms with Crippen molar-refractivity contribution in [2.24, 2.45) is 5.92 Å². The number of hydrogen-bond donors (Lipinski definition) is 3. The van der Waals surface area contributed by atoms with Crippen molar-refractivity contribution in [2.75, 3.05) is 6.54 Å². The first-order valence-electron chi connectivity index (χ1n) is 6.71. The van der Waals surface area contributed by atoms with Crippen LogP contribution in [0.5, 0.6) is 0 Å². The monoisotopic (exact) mass is 258 g/mol.